The van der Waals surface area contributed by atoms with Crippen LogP contribution >= 0.6 is 11.3 Å². The monoisotopic (exact) mass is 326 g/mol. The standard InChI is InChI=1S/C14H18N2O5S/c1-21-13(19)11-8-4-2-3-5-9(8)22-12(11)16-14(20)15-7-6-10(17)18/h2-7H2,1H3,(H,17,18)(H2,15,16,20). The Morgan fingerprint density at radius 2 is 2.00 bits per heavy atom. The molecule has 0 spiro atoms. The first-order chi connectivity index (χ1) is 10.5. The Kier molecular flexibility index (Phi) is 5.37. The number of nitrogens with one attached hydrogen (secondary N) is 2. The lowest BCUT2D eigenvalue weighted by Gasteiger charge is -2.11. The van der Waals surface area contributed by atoms with E-state index in [-0.39, 0.29) is 13.0 Å². The number of aryl methyl sites for hydroxylation is 1. The van der Waals surface area contributed by atoms with E-state index in [1.165, 1.54) is 18.4 Å². The molecule has 7 nitrogen and oxygen atoms in total. The van der Waals surface area contributed by atoms with E-state index in [9.17, 15) is 14.4 Å². The number of hydrogen-bond acceptors (Lipinski definition) is 5. The van der Waals surface area contributed by atoms with Crippen molar-refractivity contribution in [2.24, 2.45) is 0 Å². The van der Waals surface area contributed by atoms with E-state index in [2.05, 4.69) is 10.6 Å². The molecule has 0 bridgehead atoms. The second-order valence-electron chi connectivity index (χ2n) is 4.93. The van der Waals surface area contributed by atoms with E-state index < -0.39 is 18.0 Å². The lowest BCUT2D eigenvalue weighted by atomic mass is 9.95. The molecule has 2 rings (SSSR count). The van der Waals surface area contributed by atoms with E-state index in [1.54, 1.807) is 0 Å². The number of urea groups is 1. The highest BCUT2D eigenvalue weighted by atomic mass is 32.1. The second kappa shape index (κ2) is 7.26. The minimum Gasteiger partial charge on any atom is -0.481 e. The Labute approximate surface area is 131 Å². The van der Waals surface area contributed by atoms with Crippen LogP contribution in [0.5, 0.6) is 0 Å². The maximum Gasteiger partial charge on any atom is 0.341 e. The Bertz CT molecular complexity index is 596. The molecule has 0 aromatic carbocycles. The Hall–Kier alpha value is -2.09. The van der Waals surface area contributed by atoms with E-state index in [4.69, 9.17) is 9.84 Å². The van der Waals surface area contributed by atoms with Gasteiger partial charge in [0.05, 0.1) is 19.1 Å². The third-order valence-electron chi connectivity index (χ3n) is 3.41. The molecule has 120 valence electrons. The van der Waals surface area contributed by atoms with Crippen molar-refractivity contribution >= 4 is 34.3 Å². The van der Waals surface area contributed by atoms with Gasteiger partial charge in [0, 0.05) is 11.4 Å². The topological polar surface area (TPSA) is 105 Å². The van der Waals surface area contributed by atoms with Crippen molar-refractivity contribution < 1.29 is 24.2 Å². The highest BCUT2D eigenvalue weighted by Crippen LogP contribution is 2.38. The van der Waals surface area contributed by atoms with E-state index in [0.717, 1.165) is 36.1 Å². The molecule has 1 heterocycles. The molecule has 0 aliphatic heterocycles. The summed E-state index contributed by atoms with van der Waals surface area (Å²) in [5.74, 6) is -1.44. The van der Waals surface area contributed by atoms with Gasteiger partial charge in [-0.3, -0.25) is 10.1 Å². The van der Waals surface area contributed by atoms with Gasteiger partial charge in [0.1, 0.15) is 5.00 Å². The average Bonchev–Trinajstić information content (AvgIpc) is 2.83. The van der Waals surface area contributed by atoms with Crippen LogP contribution in [-0.4, -0.2) is 36.7 Å². The first-order valence-corrected chi connectivity index (χ1v) is 7.84. The van der Waals surface area contributed by atoms with Crippen LogP contribution in [-0.2, 0) is 22.4 Å². The van der Waals surface area contributed by atoms with Crippen molar-refractivity contribution in [3.63, 3.8) is 0 Å². The summed E-state index contributed by atoms with van der Waals surface area (Å²) in [6, 6.07) is -0.523. The quantitative estimate of drug-likeness (QED) is 0.718. The molecule has 1 aliphatic carbocycles. The summed E-state index contributed by atoms with van der Waals surface area (Å²) in [7, 11) is 1.31. The van der Waals surface area contributed by atoms with Crippen LogP contribution in [0.4, 0.5) is 9.80 Å². The van der Waals surface area contributed by atoms with Gasteiger partial charge in [0.2, 0.25) is 0 Å². The van der Waals surface area contributed by atoms with Crippen molar-refractivity contribution in [2.75, 3.05) is 19.0 Å². The molecule has 1 aromatic heterocycles. The number of anilines is 1. The molecule has 3 N–H and O–H groups in total. The molecule has 22 heavy (non-hydrogen) atoms. The molecular weight excluding hydrogens is 308 g/mol. The highest BCUT2D eigenvalue weighted by Gasteiger charge is 2.26. The number of amides is 2. The van der Waals surface area contributed by atoms with Crippen molar-refractivity contribution in [3.05, 3.63) is 16.0 Å². The number of carboxylic acids is 1. The van der Waals surface area contributed by atoms with Crippen LogP contribution in [0.2, 0.25) is 0 Å². The second-order valence-corrected chi connectivity index (χ2v) is 6.04. The molecule has 1 aromatic rings. The number of esters is 1. The number of fused-ring (bicyclic) bond motifs is 1. The summed E-state index contributed by atoms with van der Waals surface area (Å²) >= 11 is 1.38. The summed E-state index contributed by atoms with van der Waals surface area (Å²) in [5, 5.41) is 14.1. The molecule has 0 atom stereocenters. The molecule has 0 fully saturated rings. The number of ether oxygens (including phenoxy) is 1. The third-order valence-corrected chi connectivity index (χ3v) is 4.62. The number of aliphatic carboxylic acids is 1. The van der Waals surface area contributed by atoms with Crippen LogP contribution in [0.1, 0.15) is 40.1 Å². The summed E-state index contributed by atoms with van der Waals surface area (Å²) in [6.45, 7) is 0.0276. The van der Waals surface area contributed by atoms with Crippen molar-refractivity contribution in [1.29, 1.82) is 0 Å². The number of rotatable bonds is 5. The van der Waals surface area contributed by atoms with Crippen LogP contribution in [0, 0.1) is 0 Å². The summed E-state index contributed by atoms with van der Waals surface area (Å²) in [5.41, 5.74) is 1.39. The molecule has 1 aliphatic rings. The lowest BCUT2D eigenvalue weighted by Crippen LogP contribution is -2.30. The van der Waals surface area contributed by atoms with Gasteiger partial charge in [0.15, 0.2) is 0 Å². The first kappa shape index (κ1) is 16.3. The largest absolute Gasteiger partial charge is 0.481 e. The fourth-order valence-corrected chi connectivity index (χ4v) is 3.67. The third kappa shape index (κ3) is 3.76. The first-order valence-electron chi connectivity index (χ1n) is 7.02. The molecule has 2 amide bonds. The van der Waals surface area contributed by atoms with Crippen LogP contribution in [0.3, 0.4) is 0 Å². The maximum absolute atomic E-state index is 12.0. The molecule has 0 saturated carbocycles. The van der Waals surface area contributed by atoms with Gasteiger partial charge in [-0.25, -0.2) is 9.59 Å². The molecule has 0 saturated heterocycles. The maximum atomic E-state index is 12.0. The van der Waals surface area contributed by atoms with Crippen LogP contribution in [0.15, 0.2) is 0 Å². The lowest BCUT2D eigenvalue weighted by molar-refractivity contribution is -0.136. The zero-order valence-corrected chi connectivity index (χ0v) is 13.0. The fourth-order valence-electron chi connectivity index (χ4n) is 2.40. The number of carbonyl (C=O) groups is 3. The summed E-state index contributed by atoms with van der Waals surface area (Å²) in [4.78, 5) is 35.3. The van der Waals surface area contributed by atoms with Gasteiger partial charge in [-0.1, -0.05) is 0 Å². The van der Waals surface area contributed by atoms with Gasteiger partial charge in [-0.05, 0) is 31.2 Å². The van der Waals surface area contributed by atoms with Gasteiger partial charge in [-0.2, -0.15) is 0 Å². The van der Waals surface area contributed by atoms with Gasteiger partial charge >= 0.3 is 18.0 Å². The summed E-state index contributed by atoms with van der Waals surface area (Å²) < 4.78 is 4.81. The fraction of sp³-hybridized carbons (Fsp3) is 0.500. The average molecular weight is 326 g/mol. The predicted octanol–water partition coefficient (Wildman–Crippen LogP) is 2.01. The Morgan fingerprint density at radius 1 is 1.27 bits per heavy atom. The van der Waals surface area contributed by atoms with Crippen molar-refractivity contribution in [3.8, 4) is 0 Å². The number of carboxylic acid groups (broad SMARTS) is 1. The highest BCUT2D eigenvalue weighted by molar-refractivity contribution is 7.17. The summed E-state index contributed by atoms with van der Waals surface area (Å²) in [6.07, 6.45) is 3.62. The number of thiophene rings is 1. The number of methoxy groups -OCH3 is 1. The van der Waals surface area contributed by atoms with E-state index in [0.29, 0.717) is 10.6 Å². The SMILES string of the molecule is COC(=O)c1c(NC(=O)NCCC(=O)O)sc2c1CCCC2. The molecule has 0 radical (unpaired) electrons. The van der Waals surface area contributed by atoms with Crippen LogP contribution in [0.25, 0.3) is 0 Å². The smallest absolute Gasteiger partial charge is 0.341 e. The van der Waals surface area contributed by atoms with Crippen molar-refractivity contribution in [1.82, 2.24) is 5.32 Å². The predicted molar refractivity (Wildman–Crippen MR) is 81.6 cm³/mol. The molecule has 0 unspecified atom stereocenters. The molecule has 8 heteroatoms. The zero-order chi connectivity index (χ0) is 16.1. The normalized spacial score (nSPS) is 13.1. The minimum atomic E-state index is -0.984. The van der Waals surface area contributed by atoms with E-state index in [1.807, 2.05) is 0 Å². The Morgan fingerprint density at radius 3 is 2.68 bits per heavy atom. The zero-order valence-electron chi connectivity index (χ0n) is 12.2. The van der Waals surface area contributed by atoms with Gasteiger partial charge in [0.25, 0.3) is 0 Å². The molecular formula is C14H18N2O5S. The Balaban J connectivity index is 2.12. The number of hydrogen-bond donors (Lipinski definition) is 3. The van der Waals surface area contributed by atoms with Crippen LogP contribution < -0.4 is 10.6 Å². The van der Waals surface area contributed by atoms with Gasteiger partial charge < -0.3 is 15.2 Å². The minimum absolute atomic E-state index is 0.0276. The van der Waals surface area contributed by atoms with E-state index >= 15 is 0 Å². The van der Waals surface area contributed by atoms with Gasteiger partial charge in [-0.15, -0.1) is 11.3 Å². The number of carbonyl (C=O) groups excluding carboxylic acids is 2. The van der Waals surface area contributed by atoms with Crippen molar-refractivity contribution in [2.45, 2.75) is 32.1 Å².